The topological polar surface area (TPSA) is 80.5 Å². The summed E-state index contributed by atoms with van der Waals surface area (Å²) in [4.78, 5) is 22.7. The zero-order valence-corrected chi connectivity index (χ0v) is 19.9. The van der Waals surface area contributed by atoms with Gasteiger partial charge in [-0.15, -0.1) is 0 Å². The first-order chi connectivity index (χ1) is 16.5. The van der Waals surface area contributed by atoms with E-state index < -0.39 is 18.1 Å². The SMILES string of the molecule is COc1ccc2nccc([C@H](F)CC[C@@H]3CCN(CCCc4cncn4C)C[C@@H]3C(=O)O)c2c1. The van der Waals surface area contributed by atoms with E-state index in [0.717, 1.165) is 43.3 Å². The second kappa shape index (κ2) is 11.0. The number of aliphatic carboxylic acids is 1. The van der Waals surface area contributed by atoms with Gasteiger partial charge in [-0.3, -0.25) is 9.78 Å². The molecule has 1 aliphatic rings. The van der Waals surface area contributed by atoms with Crippen LogP contribution in [0.3, 0.4) is 0 Å². The van der Waals surface area contributed by atoms with Gasteiger partial charge in [0.25, 0.3) is 0 Å². The monoisotopic (exact) mass is 468 g/mol. The fourth-order valence-electron chi connectivity index (χ4n) is 5.07. The number of halogens is 1. The number of imidazole rings is 1. The highest BCUT2D eigenvalue weighted by Gasteiger charge is 2.34. The number of aromatic nitrogens is 3. The Morgan fingerprint density at radius 3 is 2.94 bits per heavy atom. The summed E-state index contributed by atoms with van der Waals surface area (Å²) in [7, 11) is 3.57. The molecule has 34 heavy (non-hydrogen) atoms. The molecule has 0 spiro atoms. The van der Waals surface area contributed by atoms with Gasteiger partial charge in [-0.1, -0.05) is 0 Å². The minimum absolute atomic E-state index is 0.0216. The number of hydrogen-bond acceptors (Lipinski definition) is 5. The van der Waals surface area contributed by atoms with Crippen molar-refractivity contribution in [3.63, 3.8) is 0 Å². The lowest BCUT2D eigenvalue weighted by atomic mass is 9.81. The molecule has 182 valence electrons. The molecule has 1 aliphatic heterocycles. The van der Waals surface area contributed by atoms with Crippen LogP contribution in [0.5, 0.6) is 5.75 Å². The number of carbonyl (C=O) groups is 1. The van der Waals surface area contributed by atoms with E-state index >= 15 is 4.39 Å². The van der Waals surface area contributed by atoms with Gasteiger partial charge in [-0.05, 0) is 80.9 Å². The largest absolute Gasteiger partial charge is 0.497 e. The Balaban J connectivity index is 1.34. The number of fused-ring (bicyclic) bond motifs is 1. The Bertz CT molecular complexity index is 1120. The highest BCUT2D eigenvalue weighted by molar-refractivity contribution is 5.83. The van der Waals surface area contributed by atoms with E-state index in [1.807, 2.05) is 36.0 Å². The number of rotatable bonds is 10. The molecule has 2 aromatic heterocycles. The van der Waals surface area contributed by atoms with Gasteiger partial charge in [0.15, 0.2) is 0 Å². The zero-order chi connectivity index (χ0) is 24.1. The number of ether oxygens (including phenoxy) is 1. The van der Waals surface area contributed by atoms with Crippen LogP contribution in [-0.4, -0.2) is 57.3 Å². The average molecular weight is 469 g/mol. The van der Waals surface area contributed by atoms with Gasteiger partial charge in [-0.25, -0.2) is 9.37 Å². The van der Waals surface area contributed by atoms with Crippen LogP contribution in [0.15, 0.2) is 43.0 Å². The second-order valence-corrected chi connectivity index (χ2v) is 9.22. The summed E-state index contributed by atoms with van der Waals surface area (Å²) >= 11 is 0. The van der Waals surface area contributed by atoms with Crippen molar-refractivity contribution in [3.05, 3.63) is 54.2 Å². The van der Waals surface area contributed by atoms with Crippen molar-refractivity contribution in [2.45, 2.75) is 38.3 Å². The normalized spacial score (nSPS) is 19.9. The Hall–Kier alpha value is -3.00. The average Bonchev–Trinajstić information content (AvgIpc) is 3.26. The molecule has 0 radical (unpaired) electrons. The van der Waals surface area contributed by atoms with Crippen molar-refractivity contribution in [2.75, 3.05) is 26.7 Å². The van der Waals surface area contributed by atoms with Crippen LogP contribution in [-0.2, 0) is 18.3 Å². The van der Waals surface area contributed by atoms with Gasteiger partial charge in [-0.2, -0.15) is 0 Å². The van der Waals surface area contributed by atoms with Gasteiger partial charge in [0.2, 0.25) is 0 Å². The van der Waals surface area contributed by atoms with Gasteiger partial charge in [0, 0.05) is 37.1 Å². The number of methoxy groups -OCH3 is 1. The molecule has 1 fully saturated rings. The summed E-state index contributed by atoms with van der Waals surface area (Å²) in [6.07, 6.45) is 7.63. The Labute approximate surface area is 199 Å². The number of nitrogens with zero attached hydrogens (tertiary/aromatic N) is 4. The van der Waals surface area contributed by atoms with Crippen LogP contribution in [0.2, 0.25) is 0 Å². The number of aryl methyl sites for hydroxylation is 2. The van der Waals surface area contributed by atoms with Crippen molar-refractivity contribution in [2.24, 2.45) is 18.9 Å². The van der Waals surface area contributed by atoms with Crippen LogP contribution >= 0.6 is 0 Å². The summed E-state index contributed by atoms with van der Waals surface area (Å²) in [5, 5.41) is 10.6. The molecule has 3 heterocycles. The standard InChI is InChI=1S/C26H33FN4O3/c1-30-17-28-15-19(30)4-3-12-31-13-10-18(23(16-31)26(32)33)5-7-24(27)21-9-11-29-25-8-6-20(34-2)14-22(21)25/h6,8-9,11,14-15,17-18,23-24H,3-5,7,10,12-13,16H2,1-2H3,(H,32,33)/t18-,23+,24-/m1/s1. The van der Waals surface area contributed by atoms with Crippen LogP contribution < -0.4 is 4.74 Å². The van der Waals surface area contributed by atoms with E-state index in [9.17, 15) is 9.90 Å². The third-order valence-electron chi connectivity index (χ3n) is 7.09. The summed E-state index contributed by atoms with van der Waals surface area (Å²) in [6.45, 7) is 2.24. The third-order valence-corrected chi connectivity index (χ3v) is 7.09. The number of likely N-dealkylation sites (tertiary alicyclic amines) is 1. The van der Waals surface area contributed by atoms with E-state index in [2.05, 4.69) is 14.9 Å². The zero-order valence-electron chi connectivity index (χ0n) is 19.9. The lowest BCUT2D eigenvalue weighted by molar-refractivity contribution is -0.146. The minimum atomic E-state index is -1.18. The highest BCUT2D eigenvalue weighted by Crippen LogP contribution is 2.35. The van der Waals surface area contributed by atoms with E-state index in [4.69, 9.17) is 4.74 Å². The van der Waals surface area contributed by atoms with Crippen LogP contribution in [0, 0.1) is 11.8 Å². The molecule has 3 atom stereocenters. The van der Waals surface area contributed by atoms with E-state index in [-0.39, 0.29) is 5.92 Å². The van der Waals surface area contributed by atoms with E-state index in [1.54, 1.807) is 25.7 Å². The van der Waals surface area contributed by atoms with Crippen LogP contribution in [0.1, 0.15) is 43.1 Å². The van der Waals surface area contributed by atoms with Crippen molar-refractivity contribution in [1.29, 1.82) is 0 Å². The Morgan fingerprint density at radius 2 is 2.21 bits per heavy atom. The first-order valence-electron chi connectivity index (χ1n) is 11.9. The number of carboxylic acid groups (broad SMARTS) is 1. The minimum Gasteiger partial charge on any atom is -0.497 e. The van der Waals surface area contributed by atoms with E-state index in [1.165, 1.54) is 5.69 Å². The summed E-state index contributed by atoms with van der Waals surface area (Å²) in [5.74, 6) is -0.606. The molecule has 3 aromatic rings. The molecule has 0 aliphatic carbocycles. The van der Waals surface area contributed by atoms with Gasteiger partial charge >= 0.3 is 5.97 Å². The van der Waals surface area contributed by atoms with Crippen LogP contribution in [0.25, 0.3) is 10.9 Å². The Morgan fingerprint density at radius 1 is 1.35 bits per heavy atom. The molecule has 1 saturated heterocycles. The number of piperidine rings is 1. The van der Waals surface area contributed by atoms with Crippen molar-refractivity contribution in [3.8, 4) is 5.75 Å². The number of pyridine rings is 1. The molecule has 4 rings (SSSR count). The first-order valence-corrected chi connectivity index (χ1v) is 11.9. The van der Waals surface area contributed by atoms with Gasteiger partial charge < -0.3 is 19.3 Å². The molecule has 1 N–H and O–H groups in total. The van der Waals surface area contributed by atoms with Crippen LogP contribution in [0.4, 0.5) is 4.39 Å². The fourth-order valence-corrected chi connectivity index (χ4v) is 5.07. The maximum atomic E-state index is 15.4. The molecule has 0 bridgehead atoms. The molecular formula is C26H33FN4O3. The lowest BCUT2D eigenvalue weighted by Gasteiger charge is -2.37. The lowest BCUT2D eigenvalue weighted by Crippen LogP contribution is -2.44. The smallest absolute Gasteiger partial charge is 0.308 e. The summed E-state index contributed by atoms with van der Waals surface area (Å²) < 4.78 is 22.7. The van der Waals surface area contributed by atoms with Crippen molar-refractivity contribution in [1.82, 2.24) is 19.4 Å². The molecule has 0 unspecified atom stereocenters. The maximum Gasteiger partial charge on any atom is 0.308 e. The Kier molecular flexibility index (Phi) is 7.77. The second-order valence-electron chi connectivity index (χ2n) is 9.22. The molecule has 8 heteroatoms. The van der Waals surface area contributed by atoms with Gasteiger partial charge in [0.1, 0.15) is 11.9 Å². The quantitative estimate of drug-likeness (QED) is 0.474. The highest BCUT2D eigenvalue weighted by atomic mass is 19.1. The van der Waals surface area contributed by atoms with E-state index in [0.29, 0.717) is 30.7 Å². The fraction of sp³-hybridized carbons (Fsp3) is 0.500. The third kappa shape index (κ3) is 5.55. The molecule has 1 aromatic carbocycles. The maximum absolute atomic E-state index is 15.4. The number of benzene rings is 1. The predicted molar refractivity (Wildman–Crippen MR) is 129 cm³/mol. The number of hydrogen-bond donors (Lipinski definition) is 1. The van der Waals surface area contributed by atoms with Gasteiger partial charge in [0.05, 0.1) is 24.9 Å². The molecular weight excluding hydrogens is 435 g/mol. The number of carboxylic acids is 1. The molecule has 0 amide bonds. The summed E-state index contributed by atoms with van der Waals surface area (Å²) in [5.41, 5.74) is 2.49. The first kappa shape index (κ1) is 24.1. The number of alkyl halides is 1. The summed E-state index contributed by atoms with van der Waals surface area (Å²) in [6, 6.07) is 7.17. The van der Waals surface area contributed by atoms with Crippen molar-refractivity contribution >= 4 is 16.9 Å². The van der Waals surface area contributed by atoms with Crippen molar-refractivity contribution < 1.29 is 19.0 Å². The molecule has 7 nitrogen and oxygen atoms in total. The predicted octanol–water partition coefficient (Wildman–Crippen LogP) is 4.42. The molecule has 0 saturated carbocycles.